The summed E-state index contributed by atoms with van der Waals surface area (Å²) >= 11 is 0. The quantitative estimate of drug-likeness (QED) is 0.617. The molecule has 2 N–H and O–H groups in total. The van der Waals surface area contributed by atoms with Crippen molar-refractivity contribution >= 4 is 29.3 Å². The maximum atomic E-state index is 13.6. The summed E-state index contributed by atoms with van der Waals surface area (Å²) in [6.07, 6.45) is 5.46. The van der Waals surface area contributed by atoms with Crippen LogP contribution in [-0.4, -0.2) is 46.0 Å². The lowest BCUT2D eigenvalue weighted by Crippen LogP contribution is -2.44. The van der Waals surface area contributed by atoms with Crippen molar-refractivity contribution in [3.8, 4) is 6.07 Å². The number of halogens is 1. The number of nitrogens with two attached hydrogens (primary N) is 1. The molecule has 1 unspecified atom stereocenters. The molecular formula is C24H29ClN6O2. The minimum Gasteiger partial charge on any atom is -0.376 e. The molecule has 0 spiro atoms. The molecule has 2 atom stereocenters. The van der Waals surface area contributed by atoms with Crippen molar-refractivity contribution in [3.63, 3.8) is 0 Å². The van der Waals surface area contributed by atoms with Gasteiger partial charge in [0.1, 0.15) is 28.5 Å². The third-order valence-corrected chi connectivity index (χ3v) is 6.48. The molecule has 5 rings (SSSR count). The Hall–Kier alpha value is -2.86. The Balaban J connectivity index is 0.00000259. The van der Waals surface area contributed by atoms with Gasteiger partial charge in [0, 0.05) is 32.3 Å². The summed E-state index contributed by atoms with van der Waals surface area (Å²) in [5.74, 6) is 0.751. The Labute approximate surface area is 199 Å². The van der Waals surface area contributed by atoms with Crippen LogP contribution in [0, 0.1) is 11.3 Å². The molecule has 2 aromatic heterocycles. The monoisotopic (exact) mass is 468 g/mol. The summed E-state index contributed by atoms with van der Waals surface area (Å²) in [6, 6.07) is 12.4. The highest BCUT2D eigenvalue weighted by atomic mass is 35.5. The molecule has 0 bridgehead atoms. The highest BCUT2D eigenvalue weighted by Crippen LogP contribution is 2.32. The lowest BCUT2D eigenvalue weighted by atomic mass is 10.1. The van der Waals surface area contributed by atoms with E-state index in [0.29, 0.717) is 36.2 Å². The van der Waals surface area contributed by atoms with E-state index in [9.17, 15) is 10.1 Å². The van der Waals surface area contributed by atoms with Gasteiger partial charge in [0.15, 0.2) is 0 Å². The van der Waals surface area contributed by atoms with Gasteiger partial charge in [-0.15, -0.1) is 12.4 Å². The summed E-state index contributed by atoms with van der Waals surface area (Å²) in [7, 11) is 0. The van der Waals surface area contributed by atoms with Crippen LogP contribution in [0.3, 0.4) is 0 Å². The highest BCUT2D eigenvalue weighted by Gasteiger charge is 2.29. The fourth-order valence-electron chi connectivity index (χ4n) is 4.94. The van der Waals surface area contributed by atoms with Gasteiger partial charge in [0.2, 0.25) is 0 Å². The van der Waals surface area contributed by atoms with Gasteiger partial charge in [0.25, 0.3) is 5.56 Å². The van der Waals surface area contributed by atoms with E-state index in [0.717, 1.165) is 50.2 Å². The van der Waals surface area contributed by atoms with Gasteiger partial charge < -0.3 is 19.9 Å². The van der Waals surface area contributed by atoms with Crippen LogP contribution in [0.15, 0.2) is 41.5 Å². The first kappa shape index (κ1) is 23.3. The van der Waals surface area contributed by atoms with Crippen molar-refractivity contribution in [2.24, 2.45) is 5.73 Å². The maximum absolute atomic E-state index is 13.6. The normalized spacial score (nSPS) is 20.5. The number of fused-ring (bicyclic) bond motifs is 1. The molecule has 0 saturated carbocycles. The number of ether oxygens (including phenoxy) is 1. The van der Waals surface area contributed by atoms with E-state index in [1.54, 1.807) is 10.9 Å². The predicted octanol–water partition coefficient (Wildman–Crippen LogP) is 2.65. The maximum Gasteiger partial charge on any atom is 0.278 e. The average Bonchev–Trinajstić information content (AvgIpc) is 3.42. The Morgan fingerprint density at radius 3 is 2.73 bits per heavy atom. The van der Waals surface area contributed by atoms with Crippen LogP contribution in [0.2, 0.25) is 0 Å². The Morgan fingerprint density at radius 1 is 1.21 bits per heavy atom. The van der Waals surface area contributed by atoms with Gasteiger partial charge in [-0.05, 0) is 31.2 Å². The average molecular weight is 469 g/mol. The molecule has 0 aliphatic carbocycles. The SMILES string of the molecule is Cl.N#Cc1c(N2CCC[C@H](N)C2)n(Cc2ccccc2)c2c(=O)n(CC3CCCO3)cnc12. The van der Waals surface area contributed by atoms with Crippen molar-refractivity contribution < 1.29 is 4.74 Å². The van der Waals surface area contributed by atoms with Crippen LogP contribution in [0.4, 0.5) is 5.82 Å². The number of anilines is 1. The number of nitrogens with zero attached hydrogens (tertiary/aromatic N) is 5. The second-order valence-corrected chi connectivity index (χ2v) is 8.76. The van der Waals surface area contributed by atoms with E-state index in [4.69, 9.17) is 10.5 Å². The van der Waals surface area contributed by atoms with Gasteiger partial charge in [-0.1, -0.05) is 30.3 Å². The van der Waals surface area contributed by atoms with E-state index in [-0.39, 0.29) is 30.1 Å². The molecular weight excluding hydrogens is 440 g/mol. The summed E-state index contributed by atoms with van der Waals surface area (Å²) in [5, 5.41) is 10.1. The molecule has 1 aromatic carbocycles. The summed E-state index contributed by atoms with van der Waals surface area (Å²) in [6.45, 7) is 3.16. The zero-order valence-corrected chi connectivity index (χ0v) is 19.3. The zero-order chi connectivity index (χ0) is 22.1. The van der Waals surface area contributed by atoms with E-state index >= 15 is 0 Å². The third-order valence-electron chi connectivity index (χ3n) is 6.48. The molecule has 33 heavy (non-hydrogen) atoms. The number of hydrogen-bond donors (Lipinski definition) is 1. The molecule has 0 radical (unpaired) electrons. The van der Waals surface area contributed by atoms with Gasteiger partial charge in [-0.2, -0.15) is 5.26 Å². The van der Waals surface area contributed by atoms with E-state index in [1.165, 1.54) is 0 Å². The molecule has 174 valence electrons. The molecule has 3 aromatic rings. The van der Waals surface area contributed by atoms with Crippen molar-refractivity contribution in [2.45, 2.75) is 50.9 Å². The third kappa shape index (κ3) is 4.49. The van der Waals surface area contributed by atoms with Crippen LogP contribution >= 0.6 is 12.4 Å². The molecule has 2 aliphatic rings. The van der Waals surface area contributed by atoms with Crippen LogP contribution in [0.1, 0.15) is 36.8 Å². The molecule has 4 heterocycles. The topological polar surface area (TPSA) is 102 Å². The first-order valence-electron chi connectivity index (χ1n) is 11.3. The lowest BCUT2D eigenvalue weighted by molar-refractivity contribution is 0.0960. The Kier molecular flexibility index (Phi) is 7.03. The minimum atomic E-state index is -0.134. The van der Waals surface area contributed by atoms with Crippen molar-refractivity contribution in [1.82, 2.24) is 14.1 Å². The van der Waals surface area contributed by atoms with Crippen LogP contribution in [0.5, 0.6) is 0 Å². The molecule has 8 nitrogen and oxygen atoms in total. The van der Waals surface area contributed by atoms with E-state index in [2.05, 4.69) is 16.0 Å². The van der Waals surface area contributed by atoms with Gasteiger partial charge >= 0.3 is 0 Å². The van der Waals surface area contributed by atoms with Crippen LogP contribution in [0.25, 0.3) is 11.0 Å². The molecule has 2 fully saturated rings. The second kappa shape index (κ2) is 9.96. The predicted molar refractivity (Wildman–Crippen MR) is 130 cm³/mol. The minimum absolute atomic E-state index is 0. The molecule has 2 aliphatic heterocycles. The smallest absolute Gasteiger partial charge is 0.278 e. The first-order valence-corrected chi connectivity index (χ1v) is 11.3. The Bertz CT molecular complexity index is 1210. The van der Waals surface area contributed by atoms with Crippen LogP contribution in [-0.2, 0) is 17.8 Å². The molecule has 9 heteroatoms. The van der Waals surface area contributed by atoms with Gasteiger partial charge in [-0.25, -0.2) is 4.98 Å². The number of piperidine rings is 1. The van der Waals surface area contributed by atoms with E-state index in [1.807, 2.05) is 34.9 Å². The van der Waals surface area contributed by atoms with E-state index < -0.39 is 0 Å². The summed E-state index contributed by atoms with van der Waals surface area (Å²) < 4.78 is 9.34. The summed E-state index contributed by atoms with van der Waals surface area (Å²) in [4.78, 5) is 20.4. The van der Waals surface area contributed by atoms with Gasteiger partial charge in [-0.3, -0.25) is 9.36 Å². The molecule has 2 saturated heterocycles. The lowest BCUT2D eigenvalue weighted by Gasteiger charge is -2.33. The second-order valence-electron chi connectivity index (χ2n) is 8.76. The van der Waals surface area contributed by atoms with Crippen LogP contribution < -0.4 is 16.2 Å². The Morgan fingerprint density at radius 2 is 2.03 bits per heavy atom. The number of nitriles is 1. The van der Waals surface area contributed by atoms with Crippen molar-refractivity contribution in [2.75, 3.05) is 24.6 Å². The number of aromatic nitrogens is 3. The van der Waals surface area contributed by atoms with Crippen molar-refractivity contribution in [3.05, 3.63) is 58.1 Å². The fourth-order valence-corrected chi connectivity index (χ4v) is 4.94. The highest BCUT2D eigenvalue weighted by molar-refractivity contribution is 5.89. The van der Waals surface area contributed by atoms with Crippen molar-refractivity contribution in [1.29, 1.82) is 5.26 Å². The number of benzene rings is 1. The standard InChI is InChI=1S/C24H28N6O2.ClH/c25-12-20-21-22(24(31)29(16-27-21)15-19-9-5-11-32-19)30(13-17-6-2-1-3-7-17)23(20)28-10-4-8-18(26)14-28;/h1-3,6-7,16,18-19H,4-5,8-11,13-15,26H2;1H/t18-,19?;/m0./s1. The molecule has 0 amide bonds. The van der Waals surface area contributed by atoms with Gasteiger partial charge in [0.05, 0.1) is 19.0 Å². The number of rotatable bonds is 5. The number of hydrogen-bond acceptors (Lipinski definition) is 6. The summed E-state index contributed by atoms with van der Waals surface area (Å²) in [5.41, 5.74) is 8.58. The first-order chi connectivity index (χ1) is 15.7. The fraction of sp³-hybridized carbons (Fsp3) is 0.458. The zero-order valence-electron chi connectivity index (χ0n) is 18.5. The largest absolute Gasteiger partial charge is 0.376 e.